The number of nitrogens with zero attached hydrogens (tertiary/aromatic N) is 3. The van der Waals surface area contributed by atoms with Crippen LogP contribution in [0.25, 0.3) is 0 Å². The van der Waals surface area contributed by atoms with Gasteiger partial charge in [0.15, 0.2) is 0 Å². The number of aliphatic hydroxyl groups is 1. The first kappa shape index (κ1) is 24.6. The van der Waals surface area contributed by atoms with Crippen molar-refractivity contribution in [3.05, 3.63) is 22.9 Å². The minimum atomic E-state index is -1.04. The van der Waals surface area contributed by atoms with Crippen LogP contribution in [-0.4, -0.2) is 93.5 Å². The number of carboxylic acid groups (broad SMARTS) is 1. The summed E-state index contributed by atoms with van der Waals surface area (Å²) in [6, 6.07) is -0.237. The molecule has 9 heteroatoms. The van der Waals surface area contributed by atoms with Gasteiger partial charge in [0.05, 0.1) is 18.1 Å². The zero-order valence-electron chi connectivity index (χ0n) is 19.8. The molecule has 5 atom stereocenters. The van der Waals surface area contributed by atoms with Gasteiger partial charge in [-0.3, -0.25) is 4.79 Å². The highest BCUT2D eigenvalue weighted by atomic mass is 32.2. The number of carboxylic acids is 1. The monoisotopic (exact) mass is 478 g/mol. The zero-order valence-corrected chi connectivity index (χ0v) is 20.6. The normalized spacial score (nSPS) is 32.1. The third-order valence-electron chi connectivity index (χ3n) is 7.88. The molecule has 0 spiro atoms. The van der Waals surface area contributed by atoms with Crippen LogP contribution in [0.2, 0.25) is 0 Å². The Labute approximate surface area is 200 Å². The summed E-state index contributed by atoms with van der Waals surface area (Å²) in [5.74, 6) is -1.20. The van der Waals surface area contributed by atoms with Crippen molar-refractivity contribution in [2.45, 2.75) is 56.9 Å². The van der Waals surface area contributed by atoms with E-state index >= 15 is 0 Å². The maximum absolute atomic E-state index is 12.6. The first-order chi connectivity index (χ1) is 15.7. The minimum Gasteiger partial charge on any atom is -0.477 e. The third-order valence-corrected chi connectivity index (χ3v) is 9.42. The predicted molar refractivity (Wildman–Crippen MR) is 129 cm³/mol. The standard InChI is InChI=1S/C24H38N4O4S/c1-14(11-25)27-9-6-17(7-10-27)12-26-8-4-5-18(13-26)33-22-15(2)20-19(16(3)29)23(30)28(20)21(22)24(31)32/h15-20,29H,1,4-13,25H2,2-3H3,(H,31,32)/t15-,16-,18-,19-,20-/m1/s1. The number of fused-ring (bicyclic) bond motifs is 1. The van der Waals surface area contributed by atoms with Gasteiger partial charge in [0, 0.05) is 54.5 Å². The number of aliphatic hydroxyl groups excluding tert-OH is 1. The van der Waals surface area contributed by atoms with Crippen molar-refractivity contribution in [2.75, 3.05) is 39.3 Å². The summed E-state index contributed by atoms with van der Waals surface area (Å²) in [6.45, 7) is 13.4. The molecule has 4 rings (SSSR count). The average Bonchev–Trinajstić information content (AvgIpc) is 3.02. The van der Waals surface area contributed by atoms with Gasteiger partial charge in [-0.1, -0.05) is 13.5 Å². The van der Waals surface area contributed by atoms with Gasteiger partial charge >= 0.3 is 5.97 Å². The summed E-state index contributed by atoms with van der Waals surface area (Å²) in [4.78, 5) is 31.7. The number of piperidine rings is 2. The fourth-order valence-corrected chi connectivity index (χ4v) is 7.64. The van der Waals surface area contributed by atoms with E-state index in [9.17, 15) is 19.8 Å². The summed E-state index contributed by atoms with van der Waals surface area (Å²) in [5.41, 5.74) is 6.90. The lowest BCUT2D eigenvalue weighted by molar-refractivity contribution is -0.163. The number of carbonyl (C=O) groups excluding carboxylic acids is 1. The van der Waals surface area contributed by atoms with Crippen LogP contribution in [0.5, 0.6) is 0 Å². The number of hydrogen-bond acceptors (Lipinski definition) is 7. The van der Waals surface area contributed by atoms with Gasteiger partial charge in [-0.15, -0.1) is 11.8 Å². The first-order valence-corrected chi connectivity index (χ1v) is 13.1. The fourth-order valence-electron chi connectivity index (χ4n) is 6.06. The van der Waals surface area contributed by atoms with Crippen molar-refractivity contribution in [1.29, 1.82) is 0 Å². The van der Waals surface area contributed by atoms with Crippen LogP contribution in [0.1, 0.15) is 39.5 Å². The van der Waals surface area contributed by atoms with Crippen molar-refractivity contribution >= 4 is 23.6 Å². The molecule has 4 heterocycles. The quantitative estimate of drug-likeness (QED) is 0.451. The molecule has 4 aliphatic rings. The van der Waals surface area contributed by atoms with E-state index in [2.05, 4.69) is 16.4 Å². The van der Waals surface area contributed by atoms with Gasteiger partial charge < -0.3 is 30.6 Å². The van der Waals surface area contributed by atoms with Gasteiger partial charge in [-0.25, -0.2) is 4.79 Å². The smallest absolute Gasteiger partial charge is 0.353 e. The summed E-state index contributed by atoms with van der Waals surface area (Å²) in [5, 5.41) is 20.3. The second kappa shape index (κ2) is 9.98. The van der Waals surface area contributed by atoms with E-state index in [1.54, 1.807) is 18.7 Å². The number of likely N-dealkylation sites (tertiary alicyclic amines) is 2. The molecule has 33 heavy (non-hydrogen) atoms. The third kappa shape index (κ3) is 4.70. The molecule has 1 amide bonds. The van der Waals surface area contributed by atoms with Gasteiger partial charge in [-0.05, 0) is 45.1 Å². The number of nitrogens with two attached hydrogens (primary N) is 1. The highest BCUT2D eigenvalue weighted by Gasteiger charge is 2.60. The van der Waals surface area contributed by atoms with Crippen LogP contribution in [0.4, 0.5) is 0 Å². The van der Waals surface area contributed by atoms with Crippen LogP contribution < -0.4 is 5.73 Å². The molecule has 3 saturated heterocycles. The molecule has 0 aliphatic carbocycles. The molecule has 4 aliphatic heterocycles. The lowest BCUT2D eigenvalue weighted by Crippen LogP contribution is -2.63. The van der Waals surface area contributed by atoms with E-state index in [1.807, 2.05) is 6.92 Å². The van der Waals surface area contributed by atoms with Gasteiger partial charge in [0.1, 0.15) is 5.70 Å². The maximum atomic E-state index is 12.6. The molecule has 4 N–H and O–H groups in total. The summed E-state index contributed by atoms with van der Waals surface area (Å²) in [7, 11) is 0. The Kier molecular flexibility index (Phi) is 7.43. The lowest BCUT2D eigenvalue weighted by atomic mass is 9.79. The summed E-state index contributed by atoms with van der Waals surface area (Å²) < 4.78 is 0. The molecular formula is C24H38N4O4S. The molecule has 0 saturated carbocycles. The Hall–Kier alpha value is -1.55. The van der Waals surface area contributed by atoms with Gasteiger partial charge in [0.25, 0.3) is 0 Å². The molecule has 0 aromatic carbocycles. The molecule has 8 nitrogen and oxygen atoms in total. The molecule has 0 unspecified atom stereocenters. The molecule has 0 aromatic rings. The minimum absolute atomic E-state index is 0.0613. The second-order valence-corrected chi connectivity index (χ2v) is 11.5. The number of rotatable bonds is 8. The van der Waals surface area contributed by atoms with Crippen molar-refractivity contribution in [2.24, 2.45) is 23.5 Å². The fraction of sp³-hybridized carbons (Fsp3) is 0.750. The highest BCUT2D eigenvalue weighted by Crippen LogP contribution is 2.51. The highest BCUT2D eigenvalue weighted by molar-refractivity contribution is 8.03. The number of aliphatic carboxylic acids is 1. The number of thioether (sulfide) groups is 1. The van der Waals surface area contributed by atoms with E-state index in [0.29, 0.717) is 17.7 Å². The zero-order chi connectivity index (χ0) is 23.9. The molecule has 0 radical (unpaired) electrons. The largest absolute Gasteiger partial charge is 0.477 e. The number of hydrogen-bond donors (Lipinski definition) is 3. The lowest BCUT2D eigenvalue weighted by Gasteiger charge is -2.46. The second-order valence-electron chi connectivity index (χ2n) is 10.1. The molecule has 184 valence electrons. The first-order valence-electron chi connectivity index (χ1n) is 12.2. The average molecular weight is 479 g/mol. The Morgan fingerprint density at radius 1 is 1.27 bits per heavy atom. The topological polar surface area (TPSA) is 110 Å². The van der Waals surface area contributed by atoms with Crippen molar-refractivity contribution < 1.29 is 19.8 Å². The van der Waals surface area contributed by atoms with E-state index in [1.165, 1.54) is 4.90 Å². The van der Waals surface area contributed by atoms with Crippen molar-refractivity contribution in [3.8, 4) is 0 Å². The van der Waals surface area contributed by atoms with Gasteiger partial charge in [0.2, 0.25) is 5.91 Å². The SMILES string of the molecule is C=C(CN)N1CCC(CN2CCC[C@@H](SC3=C(C(=O)O)N4C(=O)[C@H]([C@@H](C)O)[C@H]4[C@H]3C)C2)CC1. The Balaban J connectivity index is 1.37. The van der Waals surface area contributed by atoms with Gasteiger partial charge in [-0.2, -0.15) is 0 Å². The Bertz CT molecular complexity index is 823. The van der Waals surface area contributed by atoms with E-state index < -0.39 is 18.0 Å². The number of amides is 1. The van der Waals surface area contributed by atoms with Crippen LogP contribution in [0, 0.1) is 17.8 Å². The molecule has 3 fully saturated rings. The number of carbonyl (C=O) groups is 2. The van der Waals surface area contributed by atoms with Crippen LogP contribution in [0.3, 0.4) is 0 Å². The predicted octanol–water partition coefficient (Wildman–Crippen LogP) is 1.52. The summed E-state index contributed by atoms with van der Waals surface area (Å²) in [6.07, 6.45) is 3.69. The van der Waals surface area contributed by atoms with Crippen LogP contribution in [0.15, 0.2) is 22.9 Å². The molecular weight excluding hydrogens is 440 g/mol. The summed E-state index contributed by atoms with van der Waals surface area (Å²) >= 11 is 1.66. The van der Waals surface area contributed by atoms with Crippen LogP contribution in [-0.2, 0) is 9.59 Å². The van der Waals surface area contributed by atoms with E-state index in [4.69, 9.17) is 5.73 Å². The van der Waals surface area contributed by atoms with Crippen LogP contribution >= 0.6 is 11.8 Å². The molecule has 0 aromatic heterocycles. The molecule has 0 bridgehead atoms. The maximum Gasteiger partial charge on any atom is 0.353 e. The number of β-lactam (4-membered cyclic amide) rings is 1. The van der Waals surface area contributed by atoms with E-state index in [0.717, 1.165) is 69.0 Å². The Morgan fingerprint density at radius 2 is 1.97 bits per heavy atom. The Morgan fingerprint density at radius 3 is 2.58 bits per heavy atom. The van der Waals surface area contributed by atoms with Crippen molar-refractivity contribution in [3.63, 3.8) is 0 Å². The van der Waals surface area contributed by atoms with Crippen molar-refractivity contribution in [1.82, 2.24) is 14.7 Å². The van der Waals surface area contributed by atoms with E-state index in [-0.39, 0.29) is 23.6 Å².